The lowest BCUT2D eigenvalue weighted by molar-refractivity contribution is 0.0940. The largest absolute Gasteiger partial charge is 0.496 e. The molecule has 0 spiro atoms. The maximum Gasteiger partial charge on any atom is 0.255 e. The summed E-state index contributed by atoms with van der Waals surface area (Å²) in [6.45, 7) is 2.77. The highest BCUT2D eigenvalue weighted by Gasteiger charge is 2.16. The minimum absolute atomic E-state index is 0.138. The van der Waals surface area contributed by atoms with Crippen LogP contribution >= 0.6 is 34.2 Å². The maximum absolute atomic E-state index is 12.3. The molecule has 1 atom stereocenters. The van der Waals surface area contributed by atoms with Crippen molar-refractivity contribution in [1.29, 1.82) is 0 Å². The van der Waals surface area contributed by atoms with Gasteiger partial charge in [-0.05, 0) is 53.5 Å². The van der Waals surface area contributed by atoms with Crippen LogP contribution in [0.15, 0.2) is 12.1 Å². The van der Waals surface area contributed by atoms with E-state index in [1.54, 1.807) is 12.1 Å². The zero-order chi connectivity index (χ0) is 15.8. The summed E-state index contributed by atoms with van der Waals surface area (Å²) in [4.78, 5) is 12.3. The van der Waals surface area contributed by atoms with Gasteiger partial charge in [0.2, 0.25) is 0 Å². The first-order valence-electron chi connectivity index (χ1n) is 6.95. The normalized spacial score (nSPS) is 12.0. The molecule has 0 aromatic heterocycles. The summed E-state index contributed by atoms with van der Waals surface area (Å²) in [7, 11) is 1.53. The monoisotopic (exact) mass is 425 g/mol. The van der Waals surface area contributed by atoms with Crippen molar-refractivity contribution in [3.8, 4) is 5.75 Å². The van der Waals surface area contributed by atoms with Crippen molar-refractivity contribution < 1.29 is 14.6 Å². The summed E-state index contributed by atoms with van der Waals surface area (Å²) in [6.07, 6.45) is 2.70. The summed E-state index contributed by atoms with van der Waals surface area (Å²) >= 11 is 8.17. The SMILES string of the molecule is CCCC(CCO)CNC(=O)c1cc(Cl)c(I)cc1OC. The molecule has 0 aliphatic rings. The van der Waals surface area contributed by atoms with Gasteiger partial charge in [0.15, 0.2) is 0 Å². The van der Waals surface area contributed by atoms with Crippen LogP contribution in [0.5, 0.6) is 5.75 Å². The van der Waals surface area contributed by atoms with Crippen molar-refractivity contribution in [1.82, 2.24) is 5.32 Å². The van der Waals surface area contributed by atoms with Gasteiger partial charge >= 0.3 is 0 Å². The molecule has 0 saturated carbocycles. The average Bonchev–Trinajstić information content (AvgIpc) is 2.47. The number of aliphatic hydroxyl groups excluding tert-OH is 1. The van der Waals surface area contributed by atoms with Gasteiger partial charge in [-0.15, -0.1) is 0 Å². The number of amides is 1. The van der Waals surface area contributed by atoms with Crippen molar-refractivity contribution in [3.63, 3.8) is 0 Å². The van der Waals surface area contributed by atoms with Crippen LogP contribution in [-0.4, -0.2) is 31.3 Å². The lowest BCUT2D eigenvalue weighted by atomic mass is 10.00. The number of nitrogens with one attached hydrogen (secondary N) is 1. The Morgan fingerprint density at radius 2 is 2.19 bits per heavy atom. The third-order valence-electron chi connectivity index (χ3n) is 3.27. The first kappa shape index (κ1) is 18.5. The molecule has 1 amide bonds. The van der Waals surface area contributed by atoms with Gasteiger partial charge in [-0.25, -0.2) is 0 Å². The number of ether oxygens (including phenoxy) is 1. The maximum atomic E-state index is 12.3. The smallest absolute Gasteiger partial charge is 0.255 e. The van der Waals surface area contributed by atoms with Crippen LogP contribution in [0.1, 0.15) is 36.5 Å². The molecule has 1 unspecified atom stereocenters. The van der Waals surface area contributed by atoms with Crippen LogP contribution in [0.25, 0.3) is 0 Å². The molecule has 1 aromatic carbocycles. The van der Waals surface area contributed by atoms with E-state index >= 15 is 0 Å². The predicted molar refractivity (Wildman–Crippen MR) is 93.2 cm³/mol. The molecule has 0 bridgehead atoms. The Bertz CT molecular complexity index is 476. The molecule has 4 nitrogen and oxygen atoms in total. The van der Waals surface area contributed by atoms with Crippen molar-refractivity contribution >= 4 is 40.1 Å². The van der Waals surface area contributed by atoms with E-state index in [-0.39, 0.29) is 18.4 Å². The Balaban J connectivity index is 2.77. The van der Waals surface area contributed by atoms with Crippen molar-refractivity contribution in [2.24, 2.45) is 5.92 Å². The highest BCUT2D eigenvalue weighted by Crippen LogP contribution is 2.28. The molecular weight excluding hydrogens is 405 g/mol. The number of methoxy groups -OCH3 is 1. The van der Waals surface area contributed by atoms with E-state index < -0.39 is 0 Å². The standard InChI is InChI=1S/C15H21ClINO3/c1-3-4-10(5-6-19)9-18-15(20)11-7-12(16)13(17)8-14(11)21-2/h7-8,10,19H,3-6,9H2,1-2H3,(H,18,20). The molecule has 0 heterocycles. The summed E-state index contributed by atoms with van der Waals surface area (Å²) < 4.78 is 6.08. The Morgan fingerprint density at radius 3 is 2.76 bits per heavy atom. The second-order valence-corrected chi connectivity index (χ2v) is 6.41. The van der Waals surface area contributed by atoms with Crippen LogP contribution in [0.4, 0.5) is 0 Å². The number of hydrogen-bond acceptors (Lipinski definition) is 3. The molecule has 6 heteroatoms. The lowest BCUT2D eigenvalue weighted by Crippen LogP contribution is -2.30. The van der Waals surface area contributed by atoms with E-state index in [4.69, 9.17) is 21.4 Å². The summed E-state index contributed by atoms with van der Waals surface area (Å²) in [5.41, 5.74) is 0.433. The van der Waals surface area contributed by atoms with E-state index in [9.17, 15) is 4.79 Å². The Labute approximate surface area is 144 Å². The van der Waals surface area contributed by atoms with Crippen LogP contribution in [-0.2, 0) is 0 Å². The summed E-state index contributed by atoms with van der Waals surface area (Å²) in [5, 5.41) is 12.5. The quantitative estimate of drug-likeness (QED) is 0.627. The number of halogens is 2. The Kier molecular flexibility index (Phi) is 8.36. The van der Waals surface area contributed by atoms with Crippen molar-refractivity contribution in [2.75, 3.05) is 20.3 Å². The Hall–Kier alpha value is -0.530. The van der Waals surface area contributed by atoms with Crippen LogP contribution < -0.4 is 10.1 Å². The van der Waals surface area contributed by atoms with Crippen LogP contribution in [0.3, 0.4) is 0 Å². The molecule has 0 radical (unpaired) electrons. The second kappa shape index (κ2) is 9.48. The molecule has 21 heavy (non-hydrogen) atoms. The summed E-state index contributed by atoms with van der Waals surface area (Å²) in [6, 6.07) is 3.37. The second-order valence-electron chi connectivity index (χ2n) is 4.84. The van der Waals surface area contributed by atoms with Crippen LogP contribution in [0, 0.1) is 9.49 Å². The third kappa shape index (κ3) is 5.64. The first-order chi connectivity index (χ1) is 10.0. The van der Waals surface area contributed by atoms with Crippen LogP contribution in [0.2, 0.25) is 5.02 Å². The van der Waals surface area contributed by atoms with Crippen molar-refractivity contribution in [2.45, 2.75) is 26.2 Å². The average molecular weight is 426 g/mol. The lowest BCUT2D eigenvalue weighted by Gasteiger charge is -2.16. The molecule has 0 aliphatic heterocycles. The molecule has 0 fully saturated rings. The number of hydrogen-bond donors (Lipinski definition) is 2. The van der Waals surface area contributed by atoms with Gasteiger partial charge in [0, 0.05) is 16.7 Å². The fourth-order valence-corrected chi connectivity index (χ4v) is 2.75. The highest BCUT2D eigenvalue weighted by molar-refractivity contribution is 14.1. The predicted octanol–water partition coefficient (Wildman–Crippen LogP) is 3.48. The number of carbonyl (C=O) groups is 1. The number of carbonyl (C=O) groups excluding carboxylic acids is 1. The number of aliphatic hydroxyl groups is 1. The van der Waals surface area contributed by atoms with Gasteiger partial charge in [0.05, 0.1) is 17.7 Å². The fraction of sp³-hybridized carbons (Fsp3) is 0.533. The Morgan fingerprint density at radius 1 is 1.48 bits per heavy atom. The zero-order valence-corrected chi connectivity index (χ0v) is 15.2. The van der Waals surface area contributed by atoms with Gasteiger partial charge in [-0.1, -0.05) is 24.9 Å². The van der Waals surface area contributed by atoms with Crippen molar-refractivity contribution in [3.05, 3.63) is 26.3 Å². The van der Waals surface area contributed by atoms with E-state index in [1.807, 2.05) is 0 Å². The molecule has 118 valence electrons. The fourth-order valence-electron chi connectivity index (χ4n) is 2.15. The number of benzene rings is 1. The zero-order valence-electron chi connectivity index (χ0n) is 12.3. The minimum Gasteiger partial charge on any atom is -0.496 e. The van der Waals surface area contributed by atoms with Gasteiger partial charge in [0.25, 0.3) is 5.91 Å². The molecule has 1 rings (SSSR count). The molecule has 1 aromatic rings. The van der Waals surface area contributed by atoms with E-state index in [1.165, 1.54) is 7.11 Å². The third-order valence-corrected chi connectivity index (χ3v) is 4.80. The topological polar surface area (TPSA) is 58.6 Å². The minimum atomic E-state index is -0.204. The number of rotatable bonds is 8. The molecule has 0 aliphatic carbocycles. The molecule has 2 N–H and O–H groups in total. The summed E-state index contributed by atoms with van der Waals surface area (Å²) in [5.74, 6) is 0.592. The van der Waals surface area contributed by atoms with Gasteiger partial charge < -0.3 is 15.2 Å². The molecule has 0 saturated heterocycles. The van der Waals surface area contributed by atoms with Gasteiger partial charge in [-0.3, -0.25) is 4.79 Å². The van der Waals surface area contributed by atoms with E-state index in [2.05, 4.69) is 34.8 Å². The van der Waals surface area contributed by atoms with E-state index in [0.717, 1.165) is 16.4 Å². The molecular formula is C15H21ClINO3. The van der Waals surface area contributed by atoms with E-state index in [0.29, 0.717) is 29.3 Å². The van der Waals surface area contributed by atoms with Gasteiger partial charge in [0.1, 0.15) is 5.75 Å². The van der Waals surface area contributed by atoms with Gasteiger partial charge in [-0.2, -0.15) is 0 Å². The highest BCUT2D eigenvalue weighted by atomic mass is 127. The first-order valence-corrected chi connectivity index (χ1v) is 8.41.